The highest BCUT2D eigenvalue weighted by molar-refractivity contribution is 5.09. The van der Waals surface area contributed by atoms with Gasteiger partial charge in [-0.1, -0.05) is 0 Å². The molecule has 0 saturated carbocycles. The third kappa shape index (κ3) is 2.56. The van der Waals surface area contributed by atoms with Crippen molar-refractivity contribution in [1.29, 1.82) is 0 Å². The van der Waals surface area contributed by atoms with Gasteiger partial charge >= 0.3 is 0 Å². The van der Waals surface area contributed by atoms with Gasteiger partial charge < -0.3 is 10.8 Å². The zero-order valence-corrected chi connectivity index (χ0v) is 8.90. The summed E-state index contributed by atoms with van der Waals surface area (Å²) in [6.07, 6.45) is 0.807. The molecule has 0 amide bonds. The Labute approximate surface area is 84.7 Å². The predicted molar refractivity (Wildman–Crippen MR) is 56.0 cm³/mol. The topological polar surface area (TPSA) is 64.1 Å². The Balaban J connectivity index is 2.73. The molecule has 0 saturated heterocycles. The number of nitrogens with zero attached hydrogens (tertiary/aromatic N) is 2. The summed E-state index contributed by atoms with van der Waals surface area (Å²) in [5, 5.41) is 13.4. The van der Waals surface area contributed by atoms with Gasteiger partial charge in [0.05, 0.1) is 5.69 Å². The van der Waals surface area contributed by atoms with E-state index in [1.54, 1.807) is 0 Å². The first-order valence-electron chi connectivity index (χ1n) is 5.05. The van der Waals surface area contributed by atoms with Crippen molar-refractivity contribution in [2.45, 2.75) is 26.8 Å². The van der Waals surface area contributed by atoms with Gasteiger partial charge in [0.2, 0.25) is 0 Å². The zero-order chi connectivity index (χ0) is 10.6. The third-order valence-electron chi connectivity index (χ3n) is 2.37. The van der Waals surface area contributed by atoms with E-state index in [2.05, 4.69) is 18.1 Å². The molecule has 80 valence electrons. The fourth-order valence-electron chi connectivity index (χ4n) is 1.56. The van der Waals surface area contributed by atoms with Gasteiger partial charge in [0.25, 0.3) is 0 Å². The van der Waals surface area contributed by atoms with Crippen molar-refractivity contribution in [3.05, 3.63) is 17.5 Å². The molecule has 1 unspecified atom stereocenters. The minimum atomic E-state index is 0.143. The summed E-state index contributed by atoms with van der Waals surface area (Å²) in [6.45, 7) is 5.57. The average Bonchev–Trinajstić information content (AvgIpc) is 2.55. The van der Waals surface area contributed by atoms with Gasteiger partial charge in [-0.2, -0.15) is 5.10 Å². The summed E-state index contributed by atoms with van der Waals surface area (Å²) in [5.74, 6) is 0.149. The van der Waals surface area contributed by atoms with Crippen LogP contribution in [0.25, 0.3) is 0 Å². The van der Waals surface area contributed by atoms with Crippen LogP contribution in [0.15, 0.2) is 6.07 Å². The van der Waals surface area contributed by atoms with Crippen molar-refractivity contribution < 1.29 is 5.11 Å². The molecule has 0 spiro atoms. The molecule has 1 rings (SSSR count). The number of hydrogen-bond acceptors (Lipinski definition) is 3. The van der Waals surface area contributed by atoms with E-state index in [1.165, 1.54) is 0 Å². The van der Waals surface area contributed by atoms with Crippen LogP contribution in [-0.2, 0) is 13.0 Å². The molecule has 0 aromatic carbocycles. The smallest absolute Gasteiger partial charge is 0.0596 e. The lowest BCUT2D eigenvalue weighted by Gasteiger charge is -2.11. The normalized spacial score (nSPS) is 13.1. The van der Waals surface area contributed by atoms with Crippen molar-refractivity contribution in [2.24, 2.45) is 11.7 Å². The molecule has 0 fully saturated rings. The number of aliphatic hydroxyl groups excluding tert-OH is 1. The molecule has 4 nitrogen and oxygen atoms in total. The van der Waals surface area contributed by atoms with Crippen LogP contribution in [0.5, 0.6) is 0 Å². The summed E-state index contributed by atoms with van der Waals surface area (Å²) < 4.78 is 1.97. The summed E-state index contributed by atoms with van der Waals surface area (Å²) in [7, 11) is 0. The minimum absolute atomic E-state index is 0.143. The molecule has 1 atom stereocenters. The van der Waals surface area contributed by atoms with E-state index in [-0.39, 0.29) is 12.5 Å². The second-order valence-corrected chi connectivity index (χ2v) is 3.58. The van der Waals surface area contributed by atoms with Crippen molar-refractivity contribution in [3.63, 3.8) is 0 Å². The Hall–Kier alpha value is -0.870. The van der Waals surface area contributed by atoms with Gasteiger partial charge in [-0.15, -0.1) is 0 Å². The fraction of sp³-hybridized carbons (Fsp3) is 0.700. The molecule has 0 aliphatic heterocycles. The first kappa shape index (κ1) is 11.2. The van der Waals surface area contributed by atoms with Crippen LogP contribution in [0.3, 0.4) is 0 Å². The van der Waals surface area contributed by atoms with Gasteiger partial charge in [-0.25, -0.2) is 0 Å². The molecule has 0 aliphatic rings. The zero-order valence-electron chi connectivity index (χ0n) is 8.90. The number of aryl methyl sites for hydroxylation is 2. The molecular formula is C10H19N3O. The first-order valence-corrected chi connectivity index (χ1v) is 5.05. The van der Waals surface area contributed by atoms with Crippen LogP contribution in [-0.4, -0.2) is 28.0 Å². The molecule has 1 aromatic rings. The fourth-order valence-corrected chi connectivity index (χ4v) is 1.56. The van der Waals surface area contributed by atoms with E-state index in [0.717, 1.165) is 24.4 Å². The van der Waals surface area contributed by atoms with Crippen LogP contribution in [0.1, 0.15) is 18.3 Å². The highest BCUT2D eigenvalue weighted by Crippen LogP contribution is 2.09. The van der Waals surface area contributed by atoms with Crippen molar-refractivity contribution in [2.75, 3.05) is 13.2 Å². The van der Waals surface area contributed by atoms with E-state index < -0.39 is 0 Å². The maximum absolute atomic E-state index is 9.05. The van der Waals surface area contributed by atoms with Gasteiger partial charge in [-0.05, 0) is 38.8 Å². The molecule has 0 aliphatic carbocycles. The van der Waals surface area contributed by atoms with Crippen LogP contribution < -0.4 is 5.73 Å². The lowest BCUT2D eigenvalue weighted by molar-refractivity contribution is 0.227. The molecule has 0 bridgehead atoms. The van der Waals surface area contributed by atoms with Crippen LogP contribution in [0, 0.1) is 12.8 Å². The van der Waals surface area contributed by atoms with E-state index in [0.29, 0.717) is 6.54 Å². The second-order valence-electron chi connectivity index (χ2n) is 3.58. The van der Waals surface area contributed by atoms with Gasteiger partial charge in [0.15, 0.2) is 0 Å². The molecule has 0 radical (unpaired) electrons. The van der Waals surface area contributed by atoms with Gasteiger partial charge in [-0.3, -0.25) is 4.68 Å². The Morgan fingerprint density at radius 2 is 2.36 bits per heavy atom. The highest BCUT2D eigenvalue weighted by atomic mass is 16.3. The lowest BCUT2D eigenvalue weighted by atomic mass is 10.0. The maximum Gasteiger partial charge on any atom is 0.0596 e. The second kappa shape index (κ2) is 5.12. The Bertz CT molecular complexity index is 279. The predicted octanol–water partition coefficient (Wildman–Crippen LogP) is 0.321. The number of nitrogens with two attached hydrogens (primary N) is 1. The van der Waals surface area contributed by atoms with Crippen molar-refractivity contribution >= 4 is 0 Å². The summed E-state index contributed by atoms with van der Waals surface area (Å²) >= 11 is 0. The van der Waals surface area contributed by atoms with E-state index in [1.807, 2.05) is 11.6 Å². The number of aliphatic hydroxyl groups is 1. The van der Waals surface area contributed by atoms with E-state index in [4.69, 9.17) is 10.8 Å². The standard InChI is InChI=1S/C10H19N3O/c1-3-13-10(4-8(2)12-13)5-9(6-11)7-14/h4,9,14H,3,5-7,11H2,1-2H3. The third-order valence-corrected chi connectivity index (χ3v) is 2.37. The van der Waals surface area contributed by atoms with Gasteiger partial charge in [0.1, 0.15) is 0 Å². The molecule has 3 N–H and O–H groups in total. The summed E-state index contributed by atoms with van der Waals surface area (Å²) in [5.41, 5.74) is 7.73. The largest absolute Gasteiger partial charge is 0.396 e. The quantitative estimate of drug-likeness (QED) is 0.714. The van der Waals surface area contributed by atoms with Crippen molar-refractivity contribution in [3.8, 4) is 0 Å². The number of aromatic nitrogens is 2. The Kier molecular flexibility index (Phi) is 4.10. The van der Waals surface area contributed by atoms with Gasteiger partial charge in [0, 0.05) is 18.8 Å². The monoisotopic (exact) mass is 197 g/mol. The molecule has 1 aromatic heterocycles. The average molecular weight is 197 g/mol. The summed E-state index contributed by atoms with van der Waals surface area (Å²) in [6, 6.07) is 2.06. The lowest BCUT2D eigenvalue weighted by Crippen LogP contribution is -2.21. The molecule has 14 heavy (non-hydrogen) atoms. The van der Waals surface area contributed by atoms with Crippen LogP contribution >= 0.6 is 0 Å². The van der Waals surface area contributed by atoms with Crippen molar-refractivity contribution in [1.82, 2.24) is 9.78 Å². The molecule has 1 heterocycles. The molecular weight excluding hydrogens is 178 g/mol. The first-order chi connectivity index (χ1) is 6.71. The van der Waals surface area contributed by atoms with Crippen LogP contribution in [0.4, 0.5) is 0 Å². The number of hydrogen-bond donors (Lipinski definition) is 2. The Morgan fingerprint density at radius 1 is 1.64 bits per heavy atom. The van der Waals surface area contributed by atoms with Crippen LogP contribution in [0.2, 0.25) is 0 Å². The summed E-state index contributed by atoms with van der Waals surface area (Å²) in [4.78, 5) is 0. The van der Waals surface area contributed by atoms with E-state index in [9.17, 15) is 0 Å². The number of rotatable bonds is 5. The van der Waals surface area contributed by atoms with E-state index >= 15 is 0 Å². The minimum Gasteiger partial charge on any atom is -0.396 e. The maximum atomic E-state index is 9.05. The Morgan fingerprint density at radius 3 is 2.86 bits per heavy atom. The molecule has 4 heteroatoms. The SMILES string of the molecule is CCn1nc(C)cc1CC(CN)CO. The highest BCUT2D eigenvalue weighted by Gasteiger charge is 2.10.